The van der Waals surface area contributed by atoms with E-state index in [-0.39, 0.29) is 0 Å². The Hall–Kier alpha value is -1.10. The molecule has 2 rings (SSSR count). The highest BCUT2D eigenvalue weighted by molar-refractivity contribution is 7.16. The first kappa shape index (κ1) is 13.3. The van der Waals surface area contributed by atoms with Crippen molar-refractivity contribution < 1.29 is 0 Å². The van der Waals surface area contributed by atoms with Gasteiger partial charge in [0.05, 0.1) is 10.9 Å². The predicted octanol–water partition coefficient (Wildman–Crippen LogP) is 3.15. The van der Waals surface area contributed by atoms with Crippen LogP contribution in [0.1, 0.15) is 10.4 Å². The van der Waals surface area contributed by atoms with Gasteiger partial charge in [-0.25, -0.2) is 4.98 Å². The topological polar surface area (TPSA) is 28.2 Å². The van der Waals surface area contributed by atoms with Gasteiger partial charge in [0.1, 0.15) is 5.82 Å². The van der Waals surface area contributed by atoms with E-state index in [1.54, 1.807) is 11.3 Å². The second-order valence-electron chi connectivity index (χ2n) is 4.08. The van der Waals surface area contributed by atoms with Crippen molar-refractivity contribution in [2.45, 2.75) is 13.1 Å². The molecule has 0 bridgehead atoms. The van der Waals surface area contributed by atoms with E-state index >= 15 is 0 Å². The summed E-state index contributed by atoms with van der Waals surface area (Å²) in [5.41, 5.74) is 1.20. The van der Waals surface area contributed by atoms with Crippen LogP contribution in [0.15, 0.2) is 30.5 Å². The van der Waals surface area contributed by atoms with E-state index in [0.29, 0.717) is 0 Å². The first-order valence-corrected chi connectivity index (χ1v) is 6.94. The third-order valence-electron chi connectivity index (χ3n) is 2.62. The molecule has 96 valence electrons. The zero-order chi connectivity index (χ0) is 13.0. The number of anilines is 1. The number of thiophene rings is 1. The molecule has 0 aliphatic rings. The van der Waals surface area contributed by atoms with Crippen molar-refractivity contribution in [3.05, 3.63) is 45.2 Å². The van der Waals surface area contributed by atoms with Crippen LogP contribution in [0.2, 0.25) is 4.34 Å². The average molecular weight is 282 g/mol. The molecular formula is C13H16ClN3S. The number of pyridine rings is 1. The Kier molecular flexibility index (Phi) is 4.58. The van der Waals surface area contributed by atoms with Crippen molar-refractivity contribution >= 4 is 28.8 Å². The van der Waals surface area contributed by atoms with Gasteiger partial charge in [0.2, 0.25) is 0 Å². The molecule has 0 fully saturated rings. The molecule has 1 N–H and O–H groups in total. The number of nitrogens with one attached hydrogen (secondary N) is 1. The third kappa shape index (κ3) is 3.22. The molecule has 2 aromatic rings. The number of hydrogen-bond donors (Lipinski definition) is 1. The van der Waals surface area contributed by atoms with Crippen LogP contribution in [0, 0.1) is 0 Å². The number of halogens is 1. The van der Waals surface area contributed by atoms with Crippen molar-refractivity contribution in [1.29, 1.82) is 0 Å². The van der Waals surface area contributed by atoms with E-state index in [0.717, 1.165) is 23.2 Å². The van der Waals surface area contributed by atoms with Gasteiger partial charge in [-0.2, -0.15) is 0 Å². The van der Waals surface area contributed by atoms with E-state index in [9.17, 15) is 0 Å². The lowest BCUT2D eigenvalue weighted by atomic mass is 10.2. The summed E-state index contributed by atoms with van der Waals surface area (Å²) in [5, 5.41) is 3.16. The van der Waals surface area contributed by atoms with Gasteiger partial charge in [0, 0.05) is 30.2 Å². The van der Waals surface area contributed by atoms with E-state index in [1.807, 2.05) is 25.4 Å². The highest BCUT2D eigenvalue weighted by Gasteiger charge is 2.09. The van der Waals surface area contributed by atoms with Gasteiger partial charge in [-0.05, 0) is 25.2 Å². The Morgan fingerprint density at radius 1 is 1.39 bits per heavy atom. The normalized spacial score (nSPS) is 10.6. The first-order valence-electron chi connectivity index (χ1n) is 5.74. The van der Waals surface area contributed by atoms with Crippen LogP contribution >= 0.6 is 22.9 Å². The fourth-order valence-corrected chi connectivity index (χ4v) is 2.99. The molecule has 0 aromatic carbocycles. The van der Waals surface area contributed by atoms with Crippen LogP contribution in [-0.2, 0) is 13.1 Å². The molecule has 18 heavy (non-hydrogen) atoms. The monoisotopic (exact) mass is 281 g/mol. The van der Waals surface area contributed by atoms with Crippen LogP contribution in [0.3, 0.4) is 0 Å². The number of aromatic nitrogens is 1. The highest BCUT2D eigenvalue weighted by Crippen LogP contribution is 2.24. The second-order valence-corrected chi connectivity index (χ2v) is 5.88. The predicted molar refractivity (Wildman–Crippen MR) is 78.4 cm³/mol. The highest BCUT2D eigenvalue weighted by atomic mass is 35.5. The van der Waals surface area contributed by atoms with Crippen LogP contribution in [-0.4, -0.2) is 19.1 Å². The Balaban J connectivity index is 2.15. The number of nitrogens with zero attached hydrogens (tertiary/aromatic N) is 2. The van der Waals surface area contributed by atoms with E-state index in [1.165, 1.54) is 10.4 Å². The van der Waals surface area contributed by atoms with Crippen molar-refractivity contribution in [2.24, 2.45) is 0 Å². The van der Waals surface area contributed by atoms with E-state index < -0.39 is 0 Å². The van der Waals surface area contributed by atoms with Gasteiger partial charge in [-0.1, -0.05) is 17.7 Å². The van der Waals surface area contributed by atoms with E-state index in [4.69, 9.17) is 11.6 Å². The molecule has 0 saturated carbocycles. The second kappa shape index (κ2) is 6.18. The maximum Gasteiger partial charge on any atom is 0.133 e. The van der Waals surface area contributed by atoms with Gasteiger partial charge >= 0.3 is 0 Å². The Morgan fingerprint density at radius 3 is 2.89 bits per heavy atom. The van der Waals surface area contributed by atoms with Crippen molar-refractivity contribution in [3.63, 3.8) is 0 Å². The molecule has 5 heteroatoms. The minimum absolute atomic E-state index is 0.818. The Bertz CT molecular complexity index is 512. The van der Waals surface area contributed by atoms with Crippen molar-refractivity contribution in [2.75, 3.05) is 19.0 Å². The molecule has 0 aliphatic heterocycles. The summed E-state index contributed by atoms with van der Waals surface area (Å²) in [6.45, 7) is 1.64. The first-order chi connectivity index (χ1) is 8.70. The maximum atomic E-state index is 5.95. The van der Waals surface area contributed by atoms with Gasteiger partial charge in [0.15, 0.2) is 0 Å². The minimum atomic E-state index is 0.818. The molecule has 0 amide bonds. The van der Waals surface area contributed by atoms with Crippen LogP contribution in [0.25, 0.3) is 0 Å². The quantitative estimate of drug-likeness (QED) is 0.912. The average Bonchev–Trinajstić information content (AvgIpc) is 2.76. The van der Waals surface area contributed by atoms with Gasteiger partial charge in [0.25, 0.3) is 0 Å². The largest absolute Gasteiger partial charge is 0.354 e. The Labute approximate surface area is 116 Å². The van der Waals surface area contributed by atoms with Gasteiger partial charge in [-0.15, -0.1) is 11.3 Å². The lowest BCUT2D eigenvalue weighted by Gasteiger charge is -2.20. The van der Waals surface area contributed by atoms with Crippen LogP contribution < -0.4 is 10.2 Å². The SMILES string of the molecule is CNCc1cccnc1N(C)Cc1ccc(Cl)s1. The minimum Gasteiger partial charge on any atom is -0.354 e. The molecular weight excluding hydrogens is 266 g/mol. The summed E-state index contributed by atoms with van der Waals surface area (Å²) >= 11 is 7.56. The molecule has 0 spiro atoms. The zero-order valence-corrected chi connectivity index (χ0v) is 12.1. The summed E-state index contributed by atoms with van der Waals surface area (Å²) in [6.07, 6.45) is 1.83. The molecule has 2 heterocycles. The fourth-order valence-electron chi connectivity index (χ4n) is 1.85. The molecule has 0 aliphatic carbocycles. The van der Waals surface area contributed by atoms with Crippen molar-refractivity contribution in [3.8, 4) is 0 Å². The maximum absolute atomic E-state index is 5.95. The molecule has 0 saturated heterocycles. The van der Waals surface area contributed by atoms with Gasteiger partial charge in [-0.3, -0.25) is 0 Å². The molecule has 3 nitrogen and oxygen atoms in total. The lowest BCUT2D eigenvalue weighted by Crippen LogP contribution is -2.20. The molecule has 0 unspecified atom stereocenters. The third-order valence-corrected chi connectivity index (χ3v) is 3.83. The standard InChI is InChI=1S/C13H16ClN3S/c1-15-8-10-4-3-7-16-13(10)17(2)9-11-5-6-12(14)18-11/h3-7,15H,8-9H2,1-2H3. The number of rotatable bonds is 5. The summed E-state index contributed by atoms with van der Waals surface area (Å²) in [6, 6.07) is 8.05. The van der Waals surface area contributed by atoms with Gasteiger partial charge < -0.3 is 10.2 Å². The zero-order valence-electron chi connectivity index (χ0n) is 10.5. The summed E-state index contributed by atoms with van der Waals surface area (Å²) in [7, 11) is 3.99. The Morgan fingerprint density at radius 2 is 2.22 bits per heavy atom. The smallest absolute Gasteiger partial charge is 0.133 e. The van der Waals surface area contributed by atoms with Crippen LogP contribution in [0.5, 0.6) is 0 Å². The summed E-state index contributed by atoms with van der Waals surface area (Å²) < 4.78 is 0.829. The number of hydrogen-bond acceptors (Lipinski definition) is 4. The fraction of sp³-hybridized carbons (Fsp3) is 0.308. The van der Waals surface area contributed by atoms with Crippen LogP contribution in [0.4, 0.5) is 5.82 Å². The molecule has 2 aromatic heterocycles. The molecule has 0 atom stereocenters. The molecule has 0 radical (unpaired) electrons. The lowest BCUT2D eigenvalue weighted by molar-refractivity contribution is 0.797. The summed E-state index contributed by atoms with van der Waals surface area (Å²) in [4.78, 5) is 7.84. The van der Waals surface area contributed by atoms with E-state index in [2.05, 4.69) is 34.4 Å². The van der Waals surface area contributed by atoms with Crippen molar-refractivity contribution in [1.82, 2.24) is 10.3 Å². The summed E-state index contributed by atoms with van der Waals surface area (Å²) in [5.74, 6) is 1.01.